The van der Waals surface area contributed by atoms with Crippen molar-refractivity contribution in [2.45, 2.75) is 6.92 Å². The summed E-state index contributed by atoms with van der Waals surface area (Å²) in [6.07, 6.45) is 0. The van der Waals surface area contributed by atoms with Crippen molar-refractivity contribution in [2.75, 3.05) is 43.4 Å². The van der Waals surface area contributed by atoms with Crippen molar-refractivity contribution < 1.29 is 9.18 Å². The molecular weight excluding hydrogens is 399 g/mol. The highest BCUT2D eigenvalue weighted by Crippen LogP contribution is 2.20. The molecule has 148 valence electrons. The number of halogens is 2. The minimum absolute atomic E-state index is 0.116. The number of carbonyl (C=O) groups excluding carboxylic acids is 1. The van der Waals surface area contributed by atoms with Gasteiger partial charge in [0.15, 0.2) is 5.11 Å². The molecule has 28 heavy (non-hydrogen) atoms. The Hall–Kier alpha value is -2.22. The number of aryl methyl sites for hydroxylation is 1. The highest BCUT2D eigenvalue weighted by molar-refractivity contribution is 7.80. The van der Waals surface area contributed by atoms with Crippen LogP contribution in [0.5, 0.6) is 0 Å². The van der Waals surface area contributed by atoms with E-state index in [4.69, 9.17) is 23.8 Å². The van der Waals surface area contributed by atoms with Gasteiger partial charge in [-0.15, -0.1) is 0 Å². The lowest BCUT2D eigenvalue weighted by Gasteiger charge is -2.35. The van der Waals surface area contributed by atoms with Crippen molar-refractivity contribution in [2.24, 2.45) is 0 Å². The minimum atomic E-state index is -0.327. The van der Waals surface area contributed by atoms with Gasteiger partial charge in [0.25, 0.3) is 0 Å². The van der Waals surface area contributed by atoms with Crippen LogP contribution in [0.15, 0.2) is 42.5 Å². The third kappa shape index (κ3) is 5.64. The number of hydrogen-bond acceptors (Lipinski definition) is 3. The second kappa shape index (κ2) is 9.32. The quantitative estimate of drug-likeness (QED) is 0.738. The van der Waals surface area contributed by atoms with Crippen molar-refractivity contribution in [3.63, 3.8) is 0 Å². The van der Waals surface area contributed by atoms with E-state index in [-0.39, 0.29) is 11.7 Å². The van der Waals surface area contributed by atoms with Gasteiger partial charge in [0, 0.05) is 42.6 Å². The highest BCUT2D eigenvalue weighted by atomic mass is 35.5. The van der Waals surface area contributed by atoms with Crippen LogP contribution in [-0.4, -0.2) is 53.5 Å². The van der Waals surface area contributed by atoms with Crippen molar-refractivity contribution in [3.8, 4) is 0 Å². The second-order valence-electron chi connectivity index (χ2n) is 6.71. The Bertz CT molecular complexity index is 854. The number of nitrogens with zero attached hydrogens (tertiary/aromatic N) is 2. The Morgan fingerprint density at radius 3 is 2.36 bits per heavy atom. The first-order valence-electron chi connectivity index (χ1n) is 9.00. The highest BCUT2D eigenvalue weighted by Gasteiger charge is 2.20. The van der Waals surface area contributed by atoms with E-state index < -0.39 is 0 Å². The third-order valence-corrected chi connectivity index (χ3v) is 5.35. The van der Waals surface area contributed by atoms with Gasteiger partial charge in [-0.1, -0.05) is 17.7 Å². The molecule has 1 aliphatic rings. The molecule has 1 heterocycles. The van der Waals surface area contributed by atoms with E-state index in [2.05, 4.69) is 20.4 Å². The van der Waals surface area contributed by atoms with Crippen LogP contribution in [0.1, 0.15) is 5.56 Å². The molecule has 3 rings (SSSR count). The van der Waals surface area contributed by atoms with Crippen LogP contribution in [0, 0.1) is 12.7 Å². The SMILES string of the molecule is Cc1ccc(NC(=S)N2CCN(CC(=O)Nc3ccc(F)cc3)CC2)cc1Cl. The topological polar surface area (TPSA) is 47.6 Å². The van der Waals surface area contributed by atoms with E-state index in [0.717, 1.165) is 37.4 Å². The van der Waals surface area contributed by atoms with Crippen molar-refractivity contribution in [3.05, 3.63) is 58.9 Å². The number of hydrogen-bond donors (Lipinski definition) is 2. The zero-order chi connectivity index (χ0) is 20.1. The summed E-state index contributed by atoms with van der Waals surface area (Å²) in [5.74, 6) is -0.443. The fraction of sp³-hybridized carbons (Fsp3) is 0.300. The zero-order valence-electron chi connectivity index (χ0n) is 15.5. The lowest BCUT2D eigenvalue weighted by molar-refractivity contribution is -0.117. The van der Waals surface area contributed by atoms with Gasteiger partial charge in [0.1, 0.15) is 5.82 Å². The minimum Gasteiger partial charge on any atom is -0.346 e. The van der Waals surface area contributed by atoms with Gasteiger partial charge < -0.3 is 15.5 Å². The number of nitrogens with one attached hydrogen (secondary N) is 2. The van der Waals surface area contributed by atoms with Gasteiger partial charge in [-0.3, -0.25) is 9.69 Å². The monoisotopic (exact) mass is 420 g/mol. The molecule has 5 nitrogen and oxygen atoms in total. The summed E-state index contributed by atoms with van der Waals surface area (Å²) in [6.45, 7) is 5.17. The first-order valence-corrected chi connectivity index (χ1v) is 9.79. The Kier molecular flexibility index (Phi) is 6.83. The average molecular weight is 421 g/mol. The number of anilines is 2. The number of benzene rings is 2. The van der Waals surface area contributed by atoms with E-state index in [1.807, 2.05) is 25.1 Å². The number of thiocarbonyl (C=S) groups is 1. The molecule has 0 bridgehead atoms. The molecule has 8 heteroatoms. The fourth-order valence-corrected chi connectivity index (χ4v) is 3.40. The largest absolute Gasteiger partial charge is 0.346 e. The molecule has 0 unspecified atom stereocenters. The molecule has 2 aromatic carbocycles. The molecule has 1 saturated heterocycles. The third-order valence-electron chi connectivity index (χ3n) is 4.58. The Morgan fingerprint density at radius 2 is 1.71 bits per heavy atom. The van der Waals surface area contributed by atoms with Crippen LogP contribution >= 0.6 is 23.8 Å². The molecule has 1 amide bonds. The maximum absolute atomic E-state index is 12.9. The van der Waals surface area contributed by atoms with Gasteiger partial charge in [-0.2, -0.15) is 0 Å². The van der Waals surface area contributed by atoms with Gasteiger partial charge >= 0.3 is 0 Å². The Morgan fingerprint density at radius 1 is 1.07 bits per heavy atom. The van der Waals surface area contributed by atoms with E-state index in [9.17, 15) is 9.18 Å². The normalized spacial score (nSPS) is 14.6. The molecule has 2 N–H and O–H groups in total. The summed E-state index contributed by atoms with van der Waals surface area (Å²) in [6, 6.07) is 11.5. The lowest BCUT2D eigenvalue weighted by Crippen LogP contribution is -2.51. The lowest BCUT2D eigenvalue weighted by atomic mass is 10.2. The maximum Gasteiger partial charge on any atom is 0.238 e. The van der Waals surface area contributed by atoms with Crippen LogP contribution in [-0.2, 0) is 4.79 Å². The van der Waals surface area contributed by atoms with Gasteiger partial charge in [-0.05, 0) is 61.1 Å². The van der Waals surface area contributed by atoms with Crippen LogP contribution < -0.4 is 10.6 Å². The van der Waals surface area contributed by atoms with Crippen molar-refractivity contribution in [1.82, 2.24) is 9.80 Å². The first-order chi connectivity index (χ1) is 13.4. The van der Waals surface area contributed by atoms with Gasteiger partial charge in [0.2, 0.25) is 5.91 Å². The van der Waals surface area contributed by atoms with Crippen molar-refractivity contribution >= 4 is 46.2 Å². The van der Waals surface area contributed by atoms with E-state index in [1.165, 1.54) is 12.1 Å². The van der Waals surface area contributed by atoms with Gasteiger partial charge in [0.05, 0.1) is 6.54 Å². The zero-order valence-corrected chi connectivity index (χ0v) is 17.1. The number of carbonyl (C=O) groups is 1. The molecule has 1 aliphatic heterocycles. The summed E-state index contributed by atoms with van der Waals surface area (Å²) in [4.78, 5) is 16.3. The molecule has 0 saturated carbocycles. The fourth-order valence-electron chi connectivity index (χ4n) is 2.92. The Balaban J connectivity index is 1.44. The molecule has 0 aromatic heterocycles. The Labute approximate surface area is 174 Å². The summed E-state index contributed by atoms with van der Waals surface area (Å²) >= 11 is 11.7. The number of rotatable bonds is 4. The van der Waals surface area contributed by atoms with Crippen LogP contribution in [0.2, 0.25) is 5.02 Å². The van der Waals surface area contributed by atoms with E-state index >= 15 is 0 Å². The van der Waals surface area contributed by atoms with Crippen LogP contribution in [0.4, 0.5) is 15.8 Å². The van der Waals surface area contributed by atoms with Gasteiger partial charge in [-0.25, -0.2) is 4.39 Å². The smallest absolute Gasteiger partial charge is 0.238 e. The average Bonchev–Trinajstić information content (AvgIpc) is 2.67. The molecular formula is C20H22ClFN4OS. The summed E-state index contributed by atoms with van der Waals surface area (Å²) < 4.78 is 12.9. The summed E-state index contributed by atoms with van der Waals surface area (Å²) in [5.41, 5.74) is 2.47. The second-order valence-corrected chi connectivity index (χ2v) is 7.51. The standard InChI is InChI=1S/C20H22ClFN4OS/c1-14-2-5-17(12-18(14)21)24-20(28)26-10-8-25(9-11-26)13-19(27)23-16-6-3-15(22)4-7-16/h2-7,12H,8-11,13H2,1H3,(H,23,27)(H,24,28). The number of piperazine rings is 1. The molecule has 0 aliphatic carbocycles. The van der Waals surface area contributed by atoms with E-state index in [1.54, 1.807) is 12.1 Å². The first kappa shape index (κ1) is 20.5. The molecule has 0 atom stereocenters. The van der Waals surface area contributed by atoms with Crippen LogP contribution in [0.3, 0.4) is 0 Å². The molecule has 2 aromatic rings. The molecule has 0 spiro atoms. The summed E-state index contributed by atoms with van der Waals surface area (Å²) in [5, 5.41) is 7.35. The predicted octanol–water partition coefficient (Wildman–Crippen LogP) is 3.74. The summed E-state index contributed by atoms with van der Waals surface area (Å²) in [7, 11) is 0. The number of amides is 1. The maximum atomic E-state index is 12.9. The van der Waals surface area contributed by atoms with E-state index in [0.29, 0.717) is 22.4 Å². The molecule has 1 fully saturated rings. The molecule has 0 radical (unpaired) electrons. The predicted molar refractivity (Wildman–Crippen MR) is 115 cm³/mol. The van der Waals surface area contributed by atoms with Crippen molar-refractivity contribution in [1.29, 1.82) is 0 Å². The van der Waals surface area contributed by atoms with Crippen LogP contribution in [0.25, 0.3) is 0 Å².